The van der Waals surface area contributed by atoms with Crippen LogP contribution in [0.25, 0.3) is 0 Å². The maximum Gasteiger partial charge on any atom is 0.185 e. The van der Waals surface area contributed by atoms with Crippen molar-refractivity contribution in [2.45, 2.75) is 110 Å². The molecule has 8 nitrogen and oxygen atoms in total. The summed E-state index contributed by atoms with van der Waals surface area (Å²) >= 11 is 0. The second-order valence-corrected chi connectivity index (χ2v) is 13.4. The summed E-state index contributed by atoms with van der Waals surface area (Å²) in [7, 11) is 1.78. The number of ether oxygens (including phenoxy) is 5. The summed E-state index contributed by atoms with van der Waals surface area (Å²) in [6.45, 7) is 11.3. The molecule has 0 spiro atoms. The van der Waals surface area contributed by atoms with Crippen molar-refractivity contribution in [1.82, 2.24) is 0 Å². The van der Waals surface area contributed by atoms with E-state index in [0.29, 0.717) is 37.5 Å². The molecule has 5 aliphatic rings. The quantitative estimate of drug-likeness (QED) is 0.256. The van der Waals surface area contributed by atoms with Gasteiger partial charge >= 0.3 is 0 Å². The van der Waals surface area contributed by atoms with Crippen LogP contribution < -0.4 is 5.73 Å². The maximum atomic E-state index is 12.0. The van der Waals surface area contributed by atoms with Crippen molar-refractivity contribution in [2.75, 3.05) is 33.5 Å². The number of nitrogens with two attached hydrogens (primary N) is 1. The Kier molecular flexibility index (Phi) is 9.80. The highest BCUT2D eigenvalue weighted by Gasteiger charge is 2.56. The Morgan fingerprint density at radius 1 is 1.12 bits per heavy atom. The fourth-order valence-electron chi connectivity index (χ4n) is 8.25. The zero-order valence-corrected chi connectivity index (χ0v) is 25.2. The van der Waals surface area contributed by atoms with Crippen molar-refractivity contribution < 1.29 is 33.9 Å². The average molecular weight is 564 g/mol. The fraction of sp³-hybridized carbons (Fsp3) is 0.875. The Bertz CT molecular complexity index is 936. The molecule has 0 amide bonds. The van der Waals surface area contributed by atoms with Gasteiger partial charge in [0, 0.05) is 25.0 Å². The normalized spacial score (nSPS) is 44.4. The number of aliphatic hydroxyl groups excluding tert-OH is 2. The van der Waals surface area contributed by atoms with Crippen LogP contribution in [0.2, 0.25) is 0 Å². The molecular formula is C32H53NO7. The van der Waals surface area contributed by atoms with E-state index < -0.39 is 30.9 Å². The van der Waals surface area contributed by atoms with E-state index in [2.05, 4.69) is 33.8 Å². The molecule has 228 valence electrons. The molecule has 0 radical (unpaired) electrons. The predicted octanol–water partition coefficient (Wildman–Crippen LogP) is 3.94. The fourth-order valence-corrected chi connectivity index (χ4v) is 8.25. The molecule has 5 rings (SSSR count). The highest BCUT2D eigenvalue weighted by Crippen LogP contribution is 2.56. The minimum absolute atomic E-state index is 0.00940. The van der Waals surface area contributed by atoms with Gasteiger partial charge in [0.15, 0.2) is 12.6 Å². The molecule has 0 bridgehead atoms. The lowest BCUT2D eigenvalue weighted by molar-refractivity contribution is -0.224. The maximum absolute atomic E-state index is 12.0. The van der Waals surface area contributed by atoms with Crippen molar-refractivity contribution >= 4 is 0 Å². The first-order valence-corrected chi connectivity index (χ1v) is 15.8. The minimum atomic E-state index is -0.895. The van der Waals surface area contributed by atoms with E-state index in [-0.39, 0.29) is 23.4 Å². The number of methoxy groups -OCH3 is 1. The Labute approximate surface area is 240 Å². The van der Waals surface area contributed by atoms with Crippen LogP contribution in [-0.2, 0) is 23.7 Å². The lowest BCUT2D eigenvalue weighted by Gasteiger charge is -2.43. The van der Waals surface area contributed by atoms with Crippen molar-refractivity contribution in [3.63, 3.8) is 0 Å². The zero-order chi connectivity index (χ0) is 28.6. The molecule has 3 aliphatic carbocycles. The van der Waals surface area contributed by atoms with Gasteiger partial charge in [-0.3, -0.25) is 0 Å². The van der Waals surface area contributed by atoms with Crippen LogP contribution in [0.4, 0.5) is 0 Å². The number of fused-ring (bicyclic) bond motifs is 3. The van der Waals surface area contributed by atoms with Gasteiger partial charge in [0.1, 0.15) is 12.2 Å². The van der Waals surface area contributed by atoms with Gasteiger partial charge in [-0.05, 0) is 74.8 Å². The monoisotopic (exact) mass is 563 g/mol. The molecule has 40 heavy (non-hydrogen) atoms. The van der Waals surface area contributed by atoms with Gasteiger partial charge in [0.05, 0.1) is 31.3 Å². The van der Waals surface area contributed by atoms with Crippen LogP contribution in [0.1, 0.15) is 72.6 Å². The van der Waals surface area contributed by atoms with Gasteiger partial charge in [-0.1, -0.05) is 44.9 Å². The van der Waals surface area contributed by atoms with Gasteiger partial charge in [0.25, 0.3) is 0 Å². The molecule has 2 aliphatic heterocycles. The molecule has 1 saturated carbocycles. The summed E-state index contributed by atoms with van der Waals surface area (Å²) in [5.74, 6) is 0.732. The van der Waals surface area contributed by atoms with Crippen LogP contribution >= 0.6 is 0 Å². The van der Waals surface area contributed by atoms with Gasteiger partial charge in [-0.15, -0.1) is 0 Å². The molecule has 11 atom stereocenters. The Balaban J connectivity index is 1.39. The van der Waals surface area contributed by atoms with Gasteiger partial charge < -0.3 is 39.6 Å². The third-order valence-corrected chi connectivity index (χ3v) is 10.5. The van der Waals surface area contributed by atoms with E-state index in [4.69, 9.17) is 29.4 Å². The lowest BCUT2D eigenvalue weighted by Crippen LogP contribution is -2.47. The number of hydrogen-bond acceptors (Lipinski definition) is 8. The summed E-state index contributed by atoms with van der Waals surface area (Å²) in [6, 6.07) is 0. The van der Waals surface area contributed by atoms with Crippen molar-refractivity contribution in [1.29, 1.82) is 0 Å². The molecule has 3 fully saturated rings. The molecular weight excluding hydrogens is 510 g/mol. The van der Waals surface area contributed by atoms with Gasteiger partial charge in [-0.2, -0.15) is 0 Å². The Morgan fingerprint density at radius 3 is 2.65 bits per heavy atom. The molecule has 0 aromatic rings. The standard InChI is InChI=1S/C32H53NO7/c1-18(2)21-11-12-32(4)15-23-20(16-36-5)9-10-22(23)19(3)27(34)29(26(21)32)40-31-28(35)25-24(39-31)17-38-30(25)37-14-8-6-7-13-33/h15,18-20,22,24-25,27-31,34-35H,6-14,16-17,33H2,1-5H3/b23-15-/t19-,20-,22+,24-,25?,27-,28?,29-,30-,31-,32-/m1/s1. The zero-order valence-electron chi connectivity index (χ0n) is 25.2. The topological polar surface area (TPSA) is 113 Å². The molecule has 2 unspecified atom stereocenters. The molecule has 0 aromatic heterocycles. The third kappa shape index (κ3) is 5.72. The van der Waals surface area contributed by atoms with E-state index in [1.807, 2.05) is 0 Å². The lowest BCUT2D eigenvalue weighted by atomic mass is 9.68. The molecule has 2 heterocycles. The second-order valence-electron chi connectivity index (χ2n) is 13.4. The first-order valence-electron chi connectivity index (χ1n) is 15.8. The number of hydrogen-bond donors (Lipinski definition) is 3. The summed E-state index contributed by atoms with van der Waals surface area (Å²) in [5.41, 5.74) is 9.39. The van der Waals surface area contributed by atoms with E-state index in [1.165, 1.54) is 16.7 Å². The smallest absolute Gasteiger partial charge is 0.185 e. The third-order valence-electron chi connectivity index (χ3n) is 10.5. The van der Waals surface area contributed by atoms with Crippen LogP contribution in [0.3, 0.4) is 0 Å². The number of unbranched alkanes of at least 4 members (excludes halogenated alkanes) is 2. The predicted molar refractivity (Wildman–Crippen MR) is 152 cm³/mol. The Morgan fingerprint density at radius 2 is 1.93 bits per heavy atom. The summed E-state index contributed by atoms with van der Waals surface area (Å²) < 4.78 is 30.5. The van der Waals surface area contributed by atoms with E-state index in [0.717, 1.165) is 51.6 Å². The summed E-state index contributed by atoms with van der Waals surface area (Å²) in [5, 5.41) is 23.5. The minimum Gasteiger partial charge on any atom is -0.390 e. The summed E-state index contributed by atoms with van der Waals surface area (Å²) in [4.78, 5) is 0. The van der Waals surface area contributed by atoms with Crippen LogP contribution in [0.15, 0.2) is 22.8 Å². The second kappa shape index (κ2) is 12.8. The number of allylic oxidation sites excluding steroid dienone is 2. The van der Waals surface area contributed by atoms with Crippen molar-refractivity contribution in [3.05, 3.63) is 22.8 Å². The van der Waals surface area contributed by atoms with E-state index in [9.17, 15) is 10.2 Å². The summed E-state index contributed by atoms with van der Waals surface area (Å²) in [6.07, 6.45) is 5.72. The highest BCUT2D eigenvalue weighted by molar-refractivity contribution is 5.41. The number of rotatable bonds is 11. The molecule has 0 aromatic carbocycles. The van der Waals surface area contributed by atoms with Gasteiger partial charge in [0.2, 0.25) is 0 Å². The largest absolute Gasteiger partial charge is 0.390 e. The first kappa shape index (κ1) is 30.6. The molecule has 4 N–H and O–H groups in total. The van der Waals surface area contributed by atoms with Gasteiger partial charge in [-0.25, -0.2) is 0 Å². The molecule has 2 saturated heterocycles. The van der Waals surface area contributed by atoms with E-state index in [1.54, 1.807) is 7.11 Å². The van der Waals surface area contributed by atoms with Crippen molar-refractivity contribution in [2.24, 2.45) is 40.7 Å². The highest BCUT2D eigenvalue weighted by atomic mass is 16.7. The number of aliphatic hydroxyl groups is 2. The molecule has 8 heteroatoms. The Hall–Kier alpha value is -0.840. The van der Waals surface area contributed by atoms with Crippen LogP contribution in [-0.4, -0.2) is 80.7 Å². The van der Waals surface area contributed by atoms with Crippen LogP contribution in [0.5, 0.6) is 0 Å². The van der Waals surface area contributed by atoms with Crippen molar-refractivity contribution in [3.8, 4) is 0 Å². The van der Waals surface area contributed by atoms with Crippen LogP contribution in [0, 0.1) is 35.0 Å². The SMILES string of the molecule is COC[C@H]1CC[C@@H]2/C1=C\[C@@]1(C)CCC(C(C)C)=C1[C@@H](O[C@H]1O[C@@H]3CO[C@@H](OCCCCCN)C3C1O)[C@H](O)[C@@H]2C. The average Bonchev–Trinajstić information content (AvgIpc) is 3.66. The van der Waals surface area contributed by atoms with E-state index >= 15 is 0 Å². The first-order chi connectivity index (χ1) is 19.2.